The second-order valence-corrected chi connectivity index (χ2v) is 10.0. The average molecular weight is 587 g/mol. The van der Waals surface area contributed by atoms with Crippen LogP contribution in [0.25, 0.3) is 28.0 Å². The molecular formula is C26H22ClF3N8O3. The lowest BCUT2D eigenvalue weighted by Gasteiger charge is -2.38. The lowest BCUT2D eigenvalue weighted by atomic mass is 9.95. The number of aliphatic hydroxyl groups is 2. The smallest absolute Gasteiger partial charge is 0.394 e. The predicted octanol–water partition coefficient (Wildman–Crippen LogP) is 3.87. The molecule has 0 saturated carbocycles. The first-order chi connectivity index (χ1) is 19.6. The van der Waals surface area contributed by atoms with Crippen molar-refractivity contribution in [3.63, 3.8) is 0 Å². The van der Waals surface area contributed by atoms with Crippen LogP contribution in [0.4, 0.5) is 13.2 Å². The van der Waals surface area contributed by atoms with Crippen LogP contribution >= 0.6 is 11.6 Å². The number of aryl methyl sites for hydroxylation is 1. The molecule has 0 spiro atoms. The number of hydrogen-bond donors (Lipinski definition) is 2. The highest BCUT2D eigenvalue weighted by atomic mass is 35.5. The standard InChI is InChI=1S/C26H22ClF3N8O3/c1-13-33-25(38(35-13)20-9-15(27)3-4-16(20)26(28,29)30)22-10-21(24(40)23(12-39)41-22)37-11-19(34-36-37)14-2-5-17-18(8-14)32-7-6-31-17/h2-9,11,21-24,39-40H,10,12H2,1H3. The third kappa shape index (κ3) is 5.14. The van der Waals surface area contributed by atoms with Gasteiger partial charge < -0.3 is 14.9 Å². The quantitative estimate of drug-likeness (QED) is 0.314. The number of hydrogen-bond acceptors (Lipinski definition) is 9. The molecule has 11 nitrogen and oxygen atoms in total. The summed E-state index contributed by atoms with van der Waals surface area (Å²) in [6, 6.07) is 7.84. The van der Waals surface area contributed by atoms with Crippen LogP contribution in [0, 0.1) is 6.92 Å². The Hall–Kier alpha value is -3.98. The van der Waals surface area contributed by atoms with Crippen molar-refractivity contribution >= 4 is 22.6 Å². The summed E-state index contributed by atoms with van der Waals surface area (Å²) in [6.07, 6.45) is -3.10. The van der Waals surface area contributed by atoms with Gasteiger partial charge in [0.25, 0.3) is 0 Å². The molecule has 2 N–H and O–H groups in total. The maximum atomic E-state index is 13.9. The maximum Gasteiger partial charge on any atom is 0.418 e. The summed E-state index contributed by atoms with van der Waals surface area (Å²) < 4.78 is 50.1. The molecular weight excluding hydrogens is 565 g/mol. The van der Waals surface area contributed by atoms with E-state index in [4.69, 9.17) is 16.3 Å². The summed E-state index contributed by atoms with van der Waals surface area (Å²) in [7, 11) is 0. The molecule has 0 radical (unpaired) electrons. The summed E-state index contributed by atoms with van der Waals surface area (Å²) in [5.74, 6) is 0.251. The lowest BCUT2D eigenvalue weighted by molar-refractivity contribution is -0.161. The van der Waals surface area contributed by atoms with Crippen LogP contribution in [0.5, 0.6) is 0 Å². The molecule has 1 fully saturated rings. The predicted molar refractivity (Wildman–Crippen MR) is 139 cm³/mol. The second kappa shape index (κ2) is 10.4. The number of alkyl halides is 3. The van der Waals surface area contributed by atoms with Gasteiger partial charge in [0.05, 0.1) is 41.1 Å². The van der Waals surface area contributed by atoms with Gasteiger partial charge in [-0.05, 0) is 37.3 Å². The fourth-order valence-corrected chi connectivity index (χ4v) is 5.13. The number of benzene rings is 2. The number of rotatable bonds is 5. The Morgan fingerprint density at radius 3 is 2.63 bits per heavy atom. The first-order valence-corrected chi connectivity index (χ1v) is 12.9. The minimum Gasteiger partial charge on any atom is -0.394 e. The molecule has 4 unspecified atom stereocenters. The van der Waals surface area contributed by atoms with E-state index in [1.807, 2.05) is 12.1 Å². The number of fused-ring (bicyclic) bond motifs is 1. The molecule has 0 aliphatic carbocycles. The molecule has 4 atom stereocenters. The van der Waals surface area contributed by atoms with Gasteiger partial charge in [-0.1, -0.05) is 22.9 Å². The summed E-state index contributed by atoms with van der Waals surface area (Å²) in [6.45, 7) is 0.977. The van der Waals surface area contributed by atoms with Crippen molar-refractivity contribution in [1.29, 1.82) is 0 Å². The van der Waals surface area contributed by atoms with Gasteiger partial charge in [0.15, 0.2) is 5.82 Å². The second-order valence-electron chi connectivity index (χ2n) is 9.57. The number of aliphatic hydroxyl groups excluding tert-OH is 2. The highest BCUT2D eigenvalue weighted by Gasteiger charge is 2.42. The number of ether oxygens (including phenoxy) is 1. The summed E-state index contributed by atoms with van der Waals surface area (Å²) >= 11 is 6.06. The Morgan fingerprint density at radius 2 is 1.88 bits per heavy atom. The first kappa shape index (κ1) is 27.2. The van der Waals surface area contributed by atoms with Crippen molar-refractivity contribution in [2.75, 3.05) is 6.61 Å². The van der Waals surface area contributed by atoms with Gasteiger partial charge >= 0.3 is 6.18 Å². The van der Waals surface area contributed by atoms with Gasteiger partial charge in [0, 0.05) is 29.4 Å². The highest BCUT2D eigenvalue weighted by Crippen LogP contribution is 2.40. The normalized spacial score (nSPS) is 21.4. The van der Waals surface area contributed by atoms with E-state index in [1.54, 1.807) is 24.7 Å². The summed E-state index contributed by atoms with van der Waals surface area (Å²) in [5, 5.41) is 33.8. The van der Waals surface area contributed by atoms with E-state index in [2.05, 4.69) is 30.4 Å². The molecule has 3 aromatic heterocycles. The third-order valence-corrected chi connectivity index (χ3v) is 7.12. The Bertz CT molecular complexity index is 1730. The fourth-order valence-electron chi connectivity index (χ4n) is 4.97. The van der Waals surface area contributed by atoms with Crippen LogP contribution in [0.3, 0.4) is 0 Å². The van der Waals surface area contributed by atoms with E-state index < -0.39 is 42.7 Å². The van der Waals surface area contributed by atoms with Crippen LogP contribution < -0.4 is 0 Å². The Kier molecular flexibility index (Phi) is 6.93. The summed E-state index contributed by atoms with van der Waals surface area (Å²) in [5.41, 5.74) is 1.32. The van der Waals surface area contributed by atoms with Gasteiger partial charge in [-0.2, -0.15) is 18.3 Å². The molecule has 1 saturated heterocycles. The average Bonchev–Trinajstić information content (AvgIpc) is 3.59. The Morgan fingerprint density at radius 1 is 1.10 bits per heavy atom. The van der Waals surface area contributed by atoms with Gasteiger partial charge in [-0.15, -0.1) is 5.10 Å². The lowest BCUT2D eigenvalue weighted by Crippen LogP contribution is -2.45. The highest BCUT2D eigenvalue weighted by molar-refractivity contribution is 6.30. The van der Waals surface area contributed by atoms with Crippen LogP contribution in [0.1, 0.15) is 35.8 Å². The molecule has 15 heteroatoms. The van der Waals surface area contributed by atoms with Gasteiger partial charge in [-0.25, -0.2) is 14.3 Å². The molecule has 5 aromatic rings. The summed E-state index contributed by atoms with van der Waals surface area (Å²) in [4.78, 5) is 12.9. The zero-order valence-corrected chi connectivity index (χ0v) is 22.1. The van der Waals surface area contributed by atoms with E-state index in [0.717, 1.165) is 28.4 Å². The molecule has 0 bridgehead atoms. The third-order valence-electron chi connectivity index (χ3n) is 6.88. The van der Waals surface area contributed by atoms with E-state index in [0.29, 0.717) is 16.7 Å². The maximum absolute atomic E-state index is 13.9. The molecule has 1 aliphatic heterocycles. The number of halogens is 4. The SMILES string of the molecule is Cc1nc(C2CC(n3cc(-c4ccc5nccnc5c4)nn3)C(O)C(CO)O2)n(-c2cc(Cl)ccc2C(F)(F)F)n1. The monoisotopic (exact) mass is 586 g/mol. The molecule has 4 heterocycles. The van der Waals surface area contributed by atoms with Crippen molar-refractivity contribution in [3.05, 3.63) is 77.2 Å². The van der Waals surface area contributed by atoms with Crippen molar-refractivity contribution in [1.82, 2.24) is 39.7 Å². The van der Waals surface area contributed by atoms with Gasteiger partial charge in [-0.3, -0.25) is 9.97 Å². The largest absolute Gasteiger partial charge is 0.418 e. The van der Waals surface area contributed by atoms with E-state index >= 15 is 0 Å². The number of aromatic nitrogens is 8. The Balaban J connectivity index is 1.37. The van der Waals surface area contributed by atoms with Crippen LogP contribution in [-0.4, -0.2) is 68.8 Å². The van der Waals surface area contributed by atoms with Crippen LogP contribution in [0.15, 0.2) is 55.0 Å². The van der Waals surface area contributed by atoms with Crippen molar-refractivity contribution in [3.8, 4) is 16.9 Å². The zero-order chi connectivity index (χ0) is 28.9. The molecule has 212 valence electrons. The van der Waals surface area contributed by atoms with E-state index in [9.17, 15) is 23.4 Å². The van der Waals surface area contributed by atoms with Crippen molar-refractivity contribution < 1.29 is 28.1 Å². The van der Waals surface area contributed by atoms with E-state index in [-0.39, 0.29) is 28.8 Å². The number of nitrogens with zero attached hydrogens (tertiary/aromatic N) is 8. The van der Waals surface area contributed by atoms with Crippen LogP contribution in [-0.2, 0) is 10.9 Å². The Labute approximate surface area is 235 Å². The van der Waals surface area contributed by atoms with Crippen molar-refractivity contribution in [2.24, 2.45) is 0 Å². The fraction of sp³-hybridized carbons (Fsp3) is 0.308. The molecule has 1 aliphatic rings. The van der Waals surface area contributed by atoms with Crippen LogP contribution in [0.2, 0.25) is 5.02 Å². The van der Waals surface area contributed by atoms with Gasteiger partial charge in [0.2, 0.25) is 0 Å². The molecule has 0 amide bonds. The van der Waals surface area contributed by atoms with E-state index in [1.165, 1.54) is 11.6 Å². The van der Waals surface area contributed by atoms with Gasteiger partial charge in [0.1, 0.15) is 29.8 Å². The van der Waals surface area contributed by atoms with Crippen molar-refractivity contribution in [2.45, 2.75) is 43.9 Å². The molecule has 2 aromatic carbocycles. The minimum absolute atomic E-state index is 0.0453. The zero-order valence-electron chi connectivity index (χ0n) is 21.3. The first-order valence-electron chi connectivity index (χ1n) is 12.5. The molecule has 41 heavy (non-hydrogen) atoms. The minimum atomic E-state index is -4.69. The molecule has 6 rings (SSSR count). The topological polar surface area (TPSA) is 137 Å².